The lowest BCUT2D eigenvalue weighted by Gasteiger charge is -2.33. The Hall–Kier alpha value is -3.82. The van der Waals surface area contributed by atoms with Crippen molar-refractivity contribution in [3.8, 4) is 0 Å². The zero-order chi connectivity index (χ0) is 25.2. The van der Waals surface area contributed by atoms with Crippen molar-refractivity contribution in [2.45, 2.75) is 24.9 Å². The highest BCUT2D eigenvalue weighted by molar-refractivity contribution is 6.08. The van der Waals surface area contributed by atoms with Gasteiger partial charge in [-0.3, -0.25) is 9.78 Å². The molecule has 0 bridgehead atoms. The summed E-state index contributed by atoms with van der Waals surface area (Å²) in [7, 11) is 3.01. The van der Waals surface area contributed by atoms with Gasteiger partial charge in [0.15, 0.2) is 0 Å². The second kappa shape index (κ2) is 9.81. The van der Waals surface area contributed by atoms with Crippen molar-refractivity contribution < 1.29 is 22.8 Å². The Morgan fingerprint density at radius 3 is 2.31 bits per heavy atom. The number of fused-ring (bicyclic) bond motifs is 1. The number of hydrogen-bond donors (Lipinski definition) is 3. The van der Waals surface area contributed by atoms with Crippen molar-refractivity contribution in [1.29, 1.82) is 0 Å². The van der Waals surface area contributed by atoms with Crippen LogP contribution in [0.15, 0.2) is 48.7 Å². The Bertz CT molecular complexity index is 1240. The topological polar surface area (TPSA) is 86.4 Å². The molecule has 3 N–H and O–H groups in total. The Labute approximate surface area is 200 Å². The highest BCUT2D eigenvalue weighted by Gasteiger charge is 2.37. The predicted molar refractivity (Wildman–Crippen MR) is 128 cm³/mol. The maximum absolute atomic E-state index is 14.1. The molecule has 0 atom stereocenters. The number of urea groups is 1. The van der Waals surface area contributed by atoms with Crippen molar-refractivity contribution in [3.05, 3.63) is 65.4 Å². The molecule has 1 aliphatic rings. The van der Waals surface area contributed by atoms with E-state index in [0.717, 1.165) is 6.07 Å². The Balaban J connectivity index is 1.86. The van der Waals surface area contributed by atoms with Crippen LogP contribution in [0.5, 0.6) is 0 Å². The maximum Gasteiger partial charge on any atom is 0.416 e. The molecule has 0 spiro atoms. The second-order valence-corrected chi connectivity index (χ2v) is 8.39. The van der Waals surface area contributed by atoms with Crippen LogP contribution in [0.3, 0.4) is 0 Å². The first kappa shape index (κ1) is 24.3. The third-order valence-corrected chi connectivity index (χ3v) is 6.30. The van der Waals surface area contributed by atoms with Crippen LogP contribution < -0.4 is 16.0 Å². The fourth-order valence-electron chi connectivity index (χ4n) is 4.50. The minimum atomic E-state index is -4.57. The second-order valence-electron chi connectivity index (χ2n) is 8.39. The lowest BCUT2D eigenvalue weighted by molar-refractivity contribution is -0.138. The van der Waals surface area contributed by atoms with Crippen LogP contribution in [0, 0.1) is 0 Å². The van der Waals surface area contributed by atoms with E-state index in [1.165, 1.54) is 26.4 Å². The Morgan fingerprint density at radius 2 is 1.71 bits per heavy atom. The van der Waals surface area contributed by atoms with Crippen LogP contribution in [0.1, 0.15) is 40.2 Å². The van der Waals surface area contributed by atoms with Gasteiger partial charge in [-0.2, -0.15) is 13.2 Å². The lowest BCUT2D eigenvalue weighted by Crippen LogP contribution is -2.42. The summed E-state index contributed by atoms with van der Waals surface area (Å²) >= 11 is 0. The molecule has 0 radical (unpaired) electrons. The van der Waals surface area contributed by atoms with Crippen molar-refractivity contribution in [2.75, 3.05) is 32.5 Å². The number of pyridine rings is 1. The smallest absolute Gasteiger partial charge is 0.355 e. The van der Waals surface area contributed by atoms with E-state index in [9.17, 15) is 22.8 Å². The molecular weight excluding hydrogens is 459 g/mol. The average molecular weight is 486 g/mol. The molecule has 7 nitrogen and oxygen atoms in total. The molecule has 1 aliphatic heterocycles. The maximum atomic E-state index is 14.1. The van der Waals surface area contributed by atoms with Crippen LogP contribution in [-0.2, 0) is 6.18 Å². The number of aromatic nitrogens is 1. The number of amides is 3. The molecule has 4 rings (SSSR count). The van der Waals surface area contributed by atoms with Gasteiger partial charge in [-0.1, -0.05) is 18.2 Å². The number of nitrogens with one attached hydrogen (secondary N) is 3. The number of carbonyl (C=O) groups excluding carboxylic acids is 2. The van der Waals surface area contributed by atoms with Crippen molar-refractivity contribution in [2.24, 2.45) is 0 Å². The van der Waals surface area contributed by atoms with Gasteiger partial charge in [-0.25, -0.2) is 4.79 Å². The molecule has 0 saturated carbocycles. The molecular formula is C25H26F3N5O2. The van der Waals surface area contributed by atoms with E-state index in [2.05, 4.69) is 20.9 Å². The number of piperidine rings is 1. The summed E-state index contributed by atoms with van der Waals surface area (Å²) in [5.74, 6) is -0.802. The summed E-state index contributed by atoms with van der Waals surface area (Å²) in [6, 6.07) is 11.4. The zero-order valence-corrected chi connectivity index (χ0v) is 19.4. The molecule has 0 aliphatic carbocycles. The van der Waals surface area contributed by atoms with E-state index in [-0.39, 0.29) is 22.7 Å². The third kappa shape index (κ3) is 5.01. The molecule has 0 unspecified atom stereocenters. The number of rotatable bonds is 4. The predicted octanol–water partition coefficient (Wildman–Crippen LogP) is 4.88. The number of halogens is 3. The Kier molecular flexibility index (Phi) is 6.81. The van der Waals surface area contributed by atoms with Crippen LogP contribution in [-0.4, -0.2) is 49.0 Å². The minimum Gasteiger partial charge on any atom is -0.355 e. The quantitative estimate of drug-likeness (QED) is 0.492. The van der Waals surface area contributed by atoms with Gasteiger partial charge in [-0.15, -0.1) is 0 Å². The summed E-state index contributed by atoms with van der Waals surface area (Å²) < 4.78 is 42.4. The fourth-order valence-corrected chi connectivity index (χ4v) is 4.50. The molecule has 1 fully saturated rings. The van der Waals surface area contributed by atoms with E-state index < -0.39 is 23.6 Å². The molecule has 10 heteroatoms. The van der Waals surface area contributed by atoms with Crippen molar-refractivity contribution in [1.82, 2.24) is 20.5 Å². The SMILES string of the molecule is CNC(=O)c1cnc2cc(C(F)(F)F)c(C3CCN(C(=O)NC)CC3)cc2c1Nc1ccccc1. The Morgan fingerprint density at radius 1 is 1.03 bits per heavy atom. The van der Waals surface area contributed by atoms with Gasteiger partial charge in [0.25, 0.3) is 5.91 Å². The number of hydrogen-bond acceptors (Lipinski definition) is 4. The normalized spacial score (nSPS) is 14.6. The van der Waals surface area contributed by atoms with Gasteiger partial charge in [0.05, 0.1) is 22.3 Å². The lowest BCUT2D eigenvalue weighted by atomic mass is 9.85. The van der Waals surface area contributed by atoms with E-state index in [4.69, 9.17) is 0 Å². The average Bonchev–Trinajstić information content (AvgIpc) is 2.87. The number of nitrogens with zero attached hydrogens (tertiary/aromatic N) is 2. The summed E-state index contributed by atoms with van der Waals surface area (Å²) in [5, 5.41) is 8.75. The van der Waals surface area contributed by atoms with Gasteiger partial charge in [-0.05, 0) is 48.6 Å². The molecule has 3 amide bonds. The van der Waals surface area contributed by atoms with E-state index >= 15 is 0 Å². The van der Waals surface area contributed by atoms with Crippen LogP contribution >= 0.6 is 0 Å². The number of carbonyl (C=O) groups is 2. The molecule has 3 aromatic rings. The van der Waals surface area contributed by atoms with E-state index in [1.807, 2.05) is 18.2 Å². The summed E-state index contributed by atoms with van der Waals surface area (Å²) in [5.41, 5.74) is 0.838. The van der Waals surface area contributed by atoms with E-state index in [1.54, 1.807) is 17.0 Å². The van der Waals surface area contributed by atoms with Crippen LogP contribution in [0.25, 0.3) is 10.9 Å². The molecule has 184 valence electrons. The van der Waals surface area contributed by atoms with Gasteiger partial charge in [0.1, 0.15) is 0 Å². The summed E-state index contributed by atoms with van der Waals surface area (Å²) in [6.45, 7) is 0.705. The fraction of sp³-hybridized carbons (Fsp3) is 0.320. The highest BCUT2D eigenvalue weighted by Crippen LogP contribution is 2.42. The summed E-state index contributed by atoms with van der Waals surface area (Å²) in [6.07, 6.45) is -2.50. The van der Waals surface area contributed by atoms with Gasteiger partial charge in [0.2, 0.25) is 0 Å². The van der Waals surface area contributed by atoms with Crippen molar-refractivity contribution in [3.63, 3.8) is 0 Å². The summed E-state index contributed by atoms with van der Waals surface area (Å²) in [4.78, 5) is 30.3. The molecule has 1 aromatic heterocycles. The van der Waals surface area contributed by atoms with Gasteiger partial charge in [0, 0.05) is 44.5 Å². The van der Waals surface area contributed by atoms with Crippen LogP contribution in [0.2, 0.25) is 0 Å². The third-order valence-electron chi connectivity index (χ3n) is 6.30. The first-order valence-electron chi connectivity index (χ1n) is 11.3. The number of likely N-dealkylation sites (tertiary alicyclic amines) is 1. The molecule has 35 heavy (non-hydrogen) atoms. The molecule has 2 heterocycles. The van der Waals surface area contributed by atoms with Crippen molar-refractivity contribution >= 4 is 34.2 Å². The first-order valence-corrected chi connectivity index (χ1v) is 11.3. The van der Waals surface area contributed by atoms with E-state index in [0.29, 0.717) is 42.7 Å². The highest BCUT2D eigenvalue weighted by atomic mass is 19.4. The number of para-hydroxylation sites is 1. The standard InChI is InChI=1S/C25H26F3N5O2/c1-29-23(34)19-14-31-21-13-20(25(26,27)28)17(15-8-10-33(11-9-15)24(35)30-2)12-18(21)22(19)32-16-6-4-3-5-7-16/h3-7,12-15H,8-11H2,1-2H3,(H,29,34)(H,30,35)(H,31,32). The number of alkyl halides is 3. The minimum absolute atomic E-state index is 0.134. The van der Waals surface area contributed by atoms with Gasteiger partial charge >= 0.3 is 12.2 Å². The largest absolute Gasteiger partial charge is 0.416 e. The molecule has 1 saturated heterocycles. The molecule has 2 aromatic carbocycles. The number of anilines is 2. The van der Waals surface area contributed by atoms with Crippen LogP contribution in [0.4, 0.5) is 29.3 Å². The number of benzene rings is 2. The first-order chi connectivity index (χ1) is 16.7. The monoisotopic (exact) mass is 485 g/mol. The van der Waals surface area contributed by atoms with Gasteiger partial charge < -0.3 is 20.9 Å². The zero-order valence-electron chi connectivity index (χ0n) is 19.4.